The van der Waals surface area contributed by atoms with Gasteiger partial charge in [-0.05, 0) is 6.07 Å². The number of rotatable bonds is 6. The molecule has 0 fully saturated rings. The summed E-state index contributed by atoms with van der Waals surface area (Å²) in [6.07, 6.45) is 0.674. The van der Waals surface area contributed by atoms with Gasteiger partial charge in [0.25, 0.3) is 6.43 Å². The fraction of sp³-hybridized carbons (Fsp3) is 0.444. The molecule has 15 heavy (non-hydrogen) atoms. The molecule has 3 nitrogen and oxygen atoms in total. The summed E-state index contributed by atoms with van der Waals surface area (Å²) in [5.74, 6) is 0. The summed E-state index contributed by atoms with van der Waals surface area (Å²) in [4.78, 5) is 3.81. The van der Waals surface area contributed by atoms with Gasteiger partial charge in [0.15, 0.2) is 0 Å². The molecule has 6 heteroatoms. The summed E-state index contributed by atoms with van der Waals surface area (Å²) in [5.41, 5.74) is 0.715. The molecule has 84 valence electrons. The van der Waals surface area contributed by atoms with Gasteiger partial charge in [0.05, 0.1) is 17.3 Å². The van der Waals surface area contributed by atoms with E-state index in [9.17, 15) is 8.78 Å². The van der Waals surface area contributed by atoms with Crippen LogP contribution in [0, 0.1) is 0 Å². The number of anilines is 1. The van der Waals surface area contributed by atoms with E-state index < -0.39 is 13.0 Å². The Balaban J connectivity index is 2.18. The summed E-state index contributed by atoms with van der Waals surface area (Å²) in [7, 11) is 0. The van der Waals surface area contributed by atoms with Crippen LogP contribution in [0.1, 0.15) is 0 Å². The van der Waals surface area contributed by atoms with Gasteiger partial charge >= 0.3 is 0 Å². The molecule has 0 aromatic carbocycles. The summed E-state index contributed by atoms with van der Waals surface area (Å²) >= 11 is 5.80. The first-order chi connectivity index (χ1) is 7.20. The molecule has 0 radical (unpaired) electrons. The zero-order chi connectivity index (χ0) is 11.1. The molecule has 1 aromatic rings. The van der Waals surface area contributed by atoms with Crippen molar-refractivity contribution in [1.29, 1.82) is 0 Å². The van der Waals surface area contributed by atoms with Crippen molar-refractivity contribution in [2.45, 2.75) is 6.43 Å². The van der Waals surface area contributed by atoms with Crippen molar-refractivity contribution < 1.29 is 13.5 Å². The smallest absolute Gasteiger partial charge is 0.261 e. The normalized spacial score (nSPS) is 10.7. The van der Waals surface area contributed by atoms with Crippen molar-refractivity contribution in [1.82, 2.24) is 4.98 Å². The second-order valence-electron chi connectivity index (χ2n) is 2.75. The molecule has 1 N–H and O–H groups in total. The molecule has 0 atom stereocenters. The third-order valence-corrected chi connectivity index (χ3v) is 1.88. The Bertz CT molecular complexity index is 299. The van der Waals surface area contributed by atoms with Crippen molar-refractivity contribution in [3.8, 4) is 0 Å². The first-order valence-corrected chi connectivity index (χ1v) is 4.77. The molecule has 0 unspecified atom stereocenters. The van der Waals surface area contributed by atoms with Crippen LogP contribution < -0.4 is 5.32 Å². The van der Waals surface area contributed by atoms with Gasteiger partial charge in [-0.1, -0.05) is 11.6 Å². The van der Waals surface area contributed by atoms with Crippen molar-refractivity contribution in [2.24, 2.45) is 0 Å². The van der Waals surface area contributed by atoms with E-state index in [2.05, 4.69) is 15.0 Å². The molecule has 1 heterocycles. The van der Waals surface area contributed by atoms with Crippen LogP contribution in [-0.4, -0.2) is 31.2 Å². The Morgan fingerprint density at radius 3 is 3.00 bits per heavy atom. The van der Waals surface area contributed by atoms with E-state index in [4.69, 9.17) is 11.6 Å². The highest BCUT2D eigenvalue weighted by atomic mass is 35.5. The zero-order valence-electron chi connectivity index (χ0n) is 7.92. The number of alkyl halides is 2. The van der Waals surface area contributed by atoms with Crippen LogP contribution in [-0.2, 0) is 4.74 Å². The maximum absolute atomic E-state index is 11.7. The lowest BCUT2D eigenvalue weighted by Crippen LogP contribution is -2.13. The van der Waals surface area contributed by atoms with Crippen molar-refractivity contribution >= 4 is 17.3 Å². The quantitative estimate of drug-likeness (QED) is 0.771. The van der Waals surface area contributed by atoms with E-state index in [-0.39, 0.29) is 6.61 Å². The van der Waals surface area contributed by atoms with Crippen molar-refractivity contribution in [2.75, 3.05) is 25.1 Å². The molecule has 0 aliphatic rings. The van der Waals surface area contributed by atoms with E-state index in [1.54, 1.807) is 12.3 Å². The predicted molar refractivity (Wildman–Crippen MR) is 54.6 cm³/mol. The molecule has 0 saturated carbocycles. The predicted octanol–water partition coefficient (Wildman–Crippen LogP) is 2.43. The molecule has 0 aliphatic carbocycles. The minimum absolute atomic E-state index is 0.211. The Morgan fingerprint density at radius 2 is 2.33 bits per heavy atom. The standard InChI is InChI=1S/C9H11ClF2N2O/c10-7-5-13-2-1-8(7)14-3-4-15-6-9(11)12/h1-2,5,9H,3-4,6H2,(H,13,14). The number of aromatic nitrogens is 1. The molecule has 0 bridgehead atoms. The van der Waals surface area contributed by atoms with E-state index in [0.717, 1.165) is 0 Å². The fourth-order valence-electron chi connectivity index (χ4n) is 0.949. The zero-order valence-corrected chi connectivity index (χ0v) is 8.68. The molecule has 0 spiro atoms. The van der Waals surface area contributed by atoms with Gasteiger partial charge in [0.1, 0.15) is 6.61 Å². The van der Waals surface area contributed by atoms with Crippen LogP contribution in [0.5, 0.6) is 0 Å². The highest BCUT2D eigenvalue weighted by molar-refractivity contribution is 6.33. The Hall–Kier alpha value is -0.940. The van der Waals surface area contributed by atoms with E-state index in [1.165, 1.54) is 6.20 Å². The SMILES string of the molecule is FC(F)COCCNc1ccncc1Cl. The average molecular weight is 237 g/mol. The summed E-state index contributed by atoms with van der Waals surface area (Å²) in [6.45, 7) is 0.102. The summed E-state index contributed by atoms with van der Waals surface area (Å²) in [5, 5.41) is 3.44. The van der Waals surface area contributed by atoms with Gasteiger partial charge in [0, 0.05) is 18.9 Å². The Morgan fingerprint density at radius 1 is 1.53 bits per heavy atom. The van der Waals surface area contributed by atoms with Crippen LogP contribution in [0.25, 0.3) is 0 Å². The van der Waals surface area contributed by atoms with Gasteiger partial charge in [-0.25, -0.2) is 8.78 Å². The van der Waals surface area contributed by atoms with Gasteiger partial charge in [-0.15, -0.1) is 0 Å². The number of ether oxygens (including phenoxy) is 1. The molecule has 0 amide bonds. The fourth-order valence-corrected chi connectivity index (χ4v) is 1.14. The second-order valence-corrected chi connectivity index (χ2v) is 3.16. The number of halogens is 3. The first kappa shape index (κ1) is 12.1. The maximum Gasteiger partial charge on any atom is 0.261 e. The molecule has 1 aromatic heterocycles. The lowest BCUT2D eigenvalue weighted by Gasteiger charge is -2.07. The number of hydrogen-bond donors (Lipinski definition) is 1. The van der Waals surface area contributed by atoms with E-state index in [1.807, 2.05) is 0 Å². The van der Waals surface area contributed by atoms with E-state index >= 15 is 0 Å². The van der Waals surface area contributed by atoms with Crippen LogP contribution in [0.15, 0.2) is 18.5 Å². The average Bonchev–Trinajstić information content (AvgIpc) is 2.20. The topological polar surface area (TPSA) is 34.1 Å². The number of nitrogens with zero attached hydrogens (tertiary/aromatic N) is 1. The third kappa shape index (κ3) is 4.90. The highest BCUT2D eigenvalue weighted by Gasteiger charge is 2.01. The number of hydrogen-bond acceptors (Lipinski definition) is 3. The monoisotopic (exact) mass is 236 g/mol. The first-order valence-electron chi connectivity index (χ1n) is 4.39. The van der Waals surface area contributed by atoms with Gasteiger partial charge in [0.2, 0.25) is 0 Å². The minimum Gasteiger partial charge on any atom is -0.381 e. The summed E-state index contributed by atoms with van der Waals surface area (Å²) in [6, 6.07) is 1.70. The van der Waals surface area contributed by atoms with Crippen LogP contribution in [0.3, 0.4) is 0 Å². The van der Waals surface area contributed by atoms with Crippen molar-refractivity contribution in [3.63, 3.8) is 0 Å². The molecular weight excluding hydrogens is 226 g/mol. The van der Waals surface area contributed by atoms with Gasteiger partial charge < -0.3 is 10.1 Å². The third-order valence-electron chi connectivity index (χ3n) is 1.58. The largest absolute Gasteiger partial charge is 0.381 e. The Labute approximate surface area is 91.4 Å². The van der Waals surface area contributed by atoms with Crippen LogP contribution in [0.2, 0.25) is 5.02 Å². The highest BCUT2D eigenvalue weighted by Crippen LogP contribution is 2.18. The lowest BCUT2D eigenvalue weighted by molar-refractivity contribution is 0.0215. The van der Waals surface area contributed by atoms with Crippen LogP contribution >= 0.6 is 11.6 Å². The minimum atomic E-state index is -2.42. The summed E-state index contributed by atoms with van der Waals surface area (Å²) < 4.78 is 28.0. The van der Waals surface area contributed by atoms with Crippen molar-refractivity contribution in [3.05, 3.63) is 23.5 Å². The number of pyridine rings is 1. The van der Waals surface area contributed by atoms with Gasteiger partial charge in [-0.3, -0.25) is 4.98 Å². The van der Waals surface area contributed by atoms with Gasteiger partial charge in [-0.2, -0.15) is 0 Å². The molecular formula is C9H11ClF2N2O. The Kier molecular flexibility index (Phi) is 5.28. The lowest BCUT2D eigenvalue weighted by atomic mass is 10.4. The maximum atomic E-state index is 11.7. The number of nitrogens with one attached hydrogen (secondary N) is 1. The molecule has 0 saturated heterocycles. The molecule has 0 aliphatic heterocycles. The second kappa shape index (κ2) is 6.53. The molecule has 1 rings (SSSR count). The van der Waals surface area contributed by atoms with E-state index in [0.29, 0.717) is 17.3 Å². The van der Waals surface area contributed by atoms with Crippen LogP contribution in [0.4, 0.5) is 14.5 Å².